The summed E-state index contributed by atoms with van der Waals surface area (Å²) in [6, 6.07) is 0. The van der Waals surface area contributed by atoms with Crippen LogP contribution in [0.2, 0.25) is 0 Å². The van der Waals surface area contributed by atoms with Crippen molar-refractivity contribution in [2.24, 2.45) is 12.8 Å². The number of rotatable bonds is 5. The molecule has 0 aliphatic carbocycles. The molecule has 2 aromatic rings. The summed E-state index contributed by atoms with van der Waals surface area (Å²) in [6.07, 6.45) is 0. The highest BCUT2D eigenvalue weighted by Crippen LogP contribution is 2.30. The standard InChI is InChI=1S/C16H24N6OS/c1-6-7-10-22-11-12(19-14(22)18-9-8-17)20-15(21(5)13(11)23)24-16(2,3)4/h8-10,17H2,1-5H3,(H,18,19). The molecule has 0 aliphatic heterocycles. The van der Waals surface area contributed by atoms with Gasteiger partial charge in [-0.3, -0.25) is 13.9 Å². The minimum Gasteiger partial charge on any atom is -0.354 e. The van der Waals surface area contributed by atoms with Crippen molar-refractivity contribution < 1.29 is 0 Å². The van der Waals surface area contributed by atoms with E-state index in [2.05, 4.69) is 47.9 Å². The van der Waals surface area contributed by atoms with Crippen LogP contribution in [-0.4, -0.2) is 36.9 Å². The zero-order chi connectivity index (χ0) is 17.9. The van der Waals surface area contributed by atoms with Crippen molar-refractivity contribution in [1.29, 1.82) is 0 Å². The predicted octanol–water partition coefficient (Wildman–Crippen LogP) is 1.41. The van der Waals surface area contributed by atoms with E-state index in [4.69, 9.17) is 5.73 Å². The predicted molar refractivity (Wildman–Crippen MR) is 99.4 cm³/mol. The second-order valence-corrected chi connectivity index (χ2v) is 8.10. The Balaban J connectivity index is 2.65. The summed E-state index contributed by atoms with van der Waals surface area (Å²) >= 11 is 1.54. The molecule has 8 heteroatoms. The Kier molecular flexibility index (Phi) is 5.57. The van der Waals surface area contributed by atoms with Gasteiger partial charge in [-0.05, 0) is 6.92 Å². The van der Waals surface area contributed by atoms with Gasteiger partial charge in [-0.1, -0.05) is 38.5 Å². The number of aromatic nitrogens is 4. The van der Waals surface area contributed by atoms with Crippen LogP contribution >= 0.6 is 11.8 Å². The lowest BCUT2D eigenvalue weighted by Gasteiger charge is -2.18. The van der Waals surface area contributed by atoms with Crippen LogP contribution in [0, 0.1) is 11.8 Å². The Morgan fingerprint density at radius 1 is 1.33 bits per heavy atom. The van der Waals surface area contributed by atoms with Gasteiger partial charge in [-0.15, -0.1) is 5.92 Å². The van der Waals surface area contributed by atoms with Crippen molar-refractivity contribution in [2.45, 2.75) is 44.1 Å². The fraction of sp³-hybridized carbons (Fsp3) is 0.562. The van der Waals surface area contributed by atoms with Crippen LogP contribution in [0.4, 0.5) is 5.95 Å². The molecule has 0 saturated carbocycles. The fourth-order valence-corrected chi connectivity index (χ4v) is 3.04. The summed E-state index contributed by atoms with van der Waals surface area (Å²) in [5, 5.41) is 3.79. The van der Waals surface area contributed by atoms with Gasteiger partial charge in [0.1, 0.15) is 0 Å². The lowest BCUT2D eigenvalue weighted by atomic mass is 10.3. The summed E-state index contributed by atoms with van der Waals surface area (Å²) in [5.74, 6) is 6.40. The molecule has 130 valence electrons. The van der Waals surface area contributed by atoms with E-state index in [9.17, 15) is 4.79 Å². The lowest BCUT2D eigenvalue weighted by molar-refractivity contribution is 0.702. The highest BCUT2D eigenvalue weighted by atomic mass is 32.2. The Hall–Kier alpha value is -1.98. The highest BCUT2D eigenvalue weighted by Gasteiger charge is 2.21. The van der Waals surface area contributed by atoms with Gasteiger partial charge in [0.05, 0.1) is 6.54 Å². The summed E-state index contributed by atoms with van der Waals surface area (Å²) < 4.78 is 3.28. The molecule has 2 aromatic heterocycles. The molecule has 0 aliphatic rings. The van der Waals surface area contributed by atoms with E-state index in [1.807, 2.05) is 0 Å². The topological polar surface area (TPSA) is 90.8 Å². The van der Waals surface area contributed by atoms with Gasteiger partial charge >= 0.3 is 0 Å². The fourth-order valence-electron chi connectivity index (χ4n) is 2.14. The van der Waals surface area contributed by atoms with Crippen molar-refractivity contribution in [2.75, 3.05) is 18.4 Å². The number of hydrogen-bond acceptors (Lipinski definition) is 6. The van der Waals surface area contributed by atoms with Crippen molar-refractivity contribution in [3.63, 3.8) is 0 Å². The number of nitrogens with two attached hydrogens (primary N) is 1. The van der Waals surface area contributed by atoms with Crippen molar-refractivity contribution >= 4 is 28.9 Å². The van der Waals surface area contributed by atoms with Crippen LogP contribution in [-0.2, 0) is 13.6 Å². The van der Waals surface area contributed by atoms with E-state index < -0.39 is 0 Å². The normalized spacial score (nSPS) is 11.4. The zero-order valence-electron chi connectivity index (χ0n) is 14.8. The van der Waals surface area contributed by atoms with Gasteiger partial charge in [-0.2, -0.15) is 4.98 Å². The first kappa shape index (κ1) is 18.4. The van der Waals surface area contributed by atoms with E-state index in [-0.39, 0.29) is 10.3 Å². The Bertz CT molecular complexity index is 850. The van der Waals surface area contributed by atoms with E-state index >= 15 is 0 Å². The van der Waals surface area contributed by atoms with Crippen LogP contribution in [0.25, 0.3) is 11.2 Å². The first-order chi connectivity index (χ1) is 11.3. The molecule has 0 saturated heterocycles. The third-order valence-electron chi connectivity index (χ3n) is 3.18. The number of fused-ring (bicyclic) bond motifs is 1. The number of nitrogens with one attached hydrogen (secondary N) is 1. The average Bonchev–Trinajstić information content (AvgIpc) is 2.84. The zero-order valence-corrected chi connectivity index (χ0v) is 15.6. The van der Waals surface area contributed by atoms with Crippen LogP contribution in [0.3, 0.4) is 0 Å². The molecule has 0 aromatic carbocycles. The second-order valence-electron chi connectivity index (χ2n) is 6.31. The maximum Gasteiger partial charge on any atom is 0.280 e. The molecule has 24 heavy (non-hydrogen) atoms. The van der Waals surface area contributed by atoms with Crippen LogP contribution in [0.1, 0.15) is 27.7 Å². The van der Waals surface area contributed by atoms with Gasteiger partial charge in [0.25, 0.3) is 5.56 Å². The van der Waals surface area contributed by atoms with Crippen molar-refractivity contribution in [1.82, 2.24) is 19.1 Å². The molecule has 2 heterocycles. The van der Waals surface area contributed by atoms with Crippen LogP contribution in [0.5, 0.6) is 0 Å². The lowest BCUT2D eigenvalue weighted by Crippen LogP contribution is -2.24. The first-order valence-corrected chi connectivity index (χ1v) is 8.60. The Morgan fingerprint density at radius 3 is 2.62 bits per heavy atom. The molecule has 2 rings (SSSR count). The SMILES string of the molecule is CC#CCn1c(NCCN)nc2nc(SC(C)(C)C)n(C)c(=O)c21. The van der Waals surface area contributed by atoms with Gasteiger partial charge in [-0.25, -0.2) is 4.98 Å². The number of thioether (sulfide) groups is 1. The Morgan fingerprint density at radius 2 is 2.04 bits per heavy atom. The summed E-state index contributed by atoms with van der Waals surface area (Å²) in [4.78, 5) is 21.9. The quantitative estimate of drug-likeness (QED) is 0.482. The number of imidazole rings is 1. The molecular weight excluding hydrogens is 324 g/mol. The second kappa shape index (κ2) is 7.28. The molecule has 0 atom stereocenters. The van der Waals surface area contributed by atoms with E-state index in [0.29, 0.717) is 41.9 Å². The molecule has 0 bridgehead atoms. The largest absolute Gasteiger partial charge is 0.354 e. The molecule has 3 N–H and O–H groups in total. The third-order valence-corrected chi connectivity index (χ3v) is 4.34. The number of nitrogens with zero attached hydrogens (tertiary/aromatic N) is 4. The molecular formula is C16H24N6OS. The smallest absolute Gasteiger partial charge is 0.280 e. The van der Waals surface area contributed by atoms with Crippen molar-refractivity contribution in [3.05, 3.63) is 10.4 Å². The van der Waals surface area contributed by atoms with Crippen molar-refractivity contribution in [3.8, 4) is 11.8 Å². The molecule has 0 amide bonds. The van der Waals surface area contributed by atoms with E-state index in [1.165, 1.54) is 0 Å². The Labute approximate surface area is 146 Å². The molecule has 0 fully saturated rings. The monoisotopic (exact) mass is 348 g/mol. The van der Waals surface area contributed by atoms with Gasteiger partial charge < -0.3 is 11.1 Å². The van der Waals surface area contributed by atoms with Crippen LogP contribution < -0.4 is 16.6 Å². The van der Waals surface area contributed by atoms with Crippen LogP contribution in [0.15, 0.2) is 9.95 Å². The number of anilines is 1. The maximum atomic E-state index is 12.9. The summed E-state index contributed by atoms with van der Waals surface area (Å²) in [5.41, 5.74) is 6.32. The van der Waals surface area contributed by atoms with Gasteiger partial charge in [0.15, 0.2) is 16.3 Å². The molecule has 0 radical (unpaired) electrons. The average molecular weight is 348 g/mol. The molecule has 0 unspecified atom stereocenters. The maximum absolute atomic E-state index is 12.9. The molecule has 7 nitrogen and oxygen atoms in total. The van der Waals surface area contributed by atoms with E-state index in [1.54, 1.807) is 34.9 Å². The summed E-state index contributed by atoms with van der Waals surface area (Å²) in [7, 11) is 1.73. The van der Waals surface area contributed by atoms with E-state index in [0.717, 1.165) is 0 Å². The minimum atomic E-state index is -0.127. The van der Waals surface area contributed by atoms with Gasteiger partial charge in [0.2, 0.25) is 5.95 Å². The third kappa shape index (κ3) is 3.91. The number of hydrogen-bond donors (Lipinski definition) is 2. The highest BCUT2D eigenvalue weighted by molar-refractivity contribution is 8.00. The summed E-state index contributed by atoms with van der Waals surface area (Å²) in [6.45, 7) is 9.42. The molecule has 0 spiro atoms. The first-order valence-electron chi connectivity index (χ1n) is 7.78. The van der Waals surface area contributed by atoms with Gasteiger partial charge in [0, 0.05) is 24.9 Å². The minimum absolute atomic E-state index is 0.0538.